The largest absolute Gasteiger partial charge is 0.480 e. The van der Waals surface area contributed by atoms with E-state index in [1.165, 1.54) is 6.92 Å². The van der Waals surface area contributed by atoms with Gasteiger partial charge in [0.1, 0.15) is 6.04 Å². The molecule has 12 heavy (non-hydrogen) atoms. The van der Waals surface area contributed by atoms with Crippen LogP contribution in [0.1, 0.15) is 13.3 Å². The van der Waals surface area contributed by atoms with E-state index in [9.17, 15) is 9.59 Å². The van der Waals surface area contributed by atoms with Crippen molar-refractivity contribution in [3.8, 4) is 0 Å². The van der Waals surface area contributed by atoms with Crippen molar-refractivity contribution in [1.29, 1.82) is 0 Å². The molecule has 0 aromatic carbocycles. The van der Waals surface area contributed by atoms with Crippen LogP contribution in [0.4, 0.5) is 0 Å². The second kappa shape index (κ2) is 4.38. The smallest absolute Gasteiger partial charge is 0.331 e. The number of aliphatic carboxylic acids is 1. The molecular formula is C6H9N3O3. The topological polar surface area (TPSA) is 117 Å². The van der Waals surface area contributed by atoms with Gasteiger partial charge in [0.2, 0.25) is 5.78 Å². The van der Waals surface area contributed by atoms with Gasteiger partial charge in [-0.1, -0.05) is 0 Å². The first-order chi connectivity index (χ1) is 5.49. The lowest BCUT2D eigenvalue weighted by molar-refractivity contribution is -0.139. The van der Waals surface area contributed by atoms with E-state index in [-0.39, 0.29) is 12.1 Å². The highest BCUT2D eigenvalue weighted by atomic mass is 16.4. The Kier molecular flexibility index (Phi) is 3.82. The lowest BCUT2D eigenvalue weighted by Crippen LogP contribution is -2.34. The Labute approximate surface area is 68.6 Å². The van der Waals surface area contributed by atoms with Crippen LogP contribution in [0.25, 0.3) is 5.53 Å². The highest BCUT2D eigenvalue weighted by Crippen LogP contribution is 1.91. The summed E-state index contributed by atoms with van der Waals surface area (Å²) in [5.41, 5.74) is 13.0. The molecule has 0 spiro atoms. The summed E-state index contributed by atoms with van der Waals surface area (Å²) in [6, 6.07) is -1.24. The molecule has 0 aliphatic heterocycles. The fourth-order valence-corrected chi connectivity index (χ4v) is 0.491. The predicted molar refractivity (Wildman–Crippen MR) is 39.5 cm³/mol. The first-order valence-electron chi connectivity index (χ1n) is 3.19. The Morgan fingerprint density at radius 2 is 2.17 bits per heavy atom. The van der Waals surface area contributed by atoms with Gasteiger partial charge in [0.15, 0.2) is 0 Å². The van der Waals surface area contributed by atoms with Crippen molar-refractivity contribution in [3.63, 3.8) is 0 Å². The van der Waals surface area contributed by atoms with Crippen molar-refractivity contribution in [1.82, 2.24) is 0 Å². The van der Waals surface area contributed by atoms with E-state index < -0.39 is 17.8 Å². The van der Waals surface area contributed by atoms with Crippen LogP contribution in [0.5, 0.6) is 0 Å². The van der Waals surface area contributed by atoms with Crippen molar-refractivity contribution in [2.45, 2.75) is 19.4 Å². The zero-order valence-electron chi connectivity index (χ0n) is 6.52. The molecule has 0 radical (unpaired) electrons. The number of carbonyl (C=O) groups is 2. The number of Topliss-reactive ketones (excluding diaryl/α,β-unsaturated/α-hetero) is 1. The lowest BCUT2D eigenvalue weighted by Gasteiger charge is -2.00. The summed E-state index contributed by atoms with van der Waals surface area (Å²) in [6.45, 7) is 1.27. The summed E-state index contributed by atoms with van der Waals surface area (Å²) in [5, 5.41) is 8.31. The van der Waals surface area contributed by atoms with E-state index in [0.717, 1.165) is 0 Å². The van der Waals surface area contributed by atoms with Crippen LogP contribution >= 0.6 is 0 Å². The number of carbonyl (C=O) groups excluding carboxylic acids is 1. The number of ketones is 1. The Hall–Kier alpha value is -1.52. The normalized spacial score (nSPS) is 11.5. The highest BCUT2D eigenvalue weighted by Gasteiger charge is 2.21. The maximum atomic E-state index is 10.9. The van der Waals surface area contributed by atoms with Gasteiger partial charge in [-0.3, -0.25) is 9.59 Å². The summed E-state index contributed by atoms with van der Waals surface area (Å²) in [4.78, 5) is 23.6. The van der Waals surface area contributed by atoms with Gasteiger partial charge in [-0.05, 0) is 0 Å². The van der Waals surface area contributed by atoms with E-state index in [0.29, 0.717) is 0 Å². The van der Waals surface area contributed by atoms with Gasteiger partial charge in [-0.25, -0.2) is 0 Å². The van der Waals surface area contributed by atoms with Gasteiger partial charge in [0.05, 0.1) is 0 Å². The molecule has 0 saturated heterocycles. The minimum absolute atomic E-state index is 0.147. The van der Waals surface area contributed by atoms with Crippen LogP contribution < -0.4 is 5.73 Å². The number of rotatable bonds is 4. The quantitative estimate of drug-likeness (QED) is 0.322. The molecule has 0 bridgehead atoms. The van der Waals surface area contributed by atoms with Gasteiger partial charge >= 0.3 is 11.7 Å². The second-order valence-electron chi connectivity index (χ2n) is 2.26. The van der Waals surface area contributed by atoms with Gasteiger partial charge in [0, 0.05) is 13.3 Å². The SMILES string of the molecule is CC(=[N+]=[N-])C(=O)C[C@H](N)C(=O)O. The number of carboxylic acid groups (broad SMARTS) is 1. The van der Waals surface area contributed by atoms with Crippen LogP contribution in [0.3, 0.4) is 0 Å². The average molecular weight is 171 g/mol. The minimum atomic E-state index is -1.26. The number of nitrogens with two attached hydrogens (primary N) is 1. The van der Waals surface area contributed by atoms with Gasteiger partial charge in [-0.15, -0.1) is 0 Å². The maximum absolute atomic E-state index is 10.9. The van der Waals surface area contributed by atoms with E-state index in [4.69, 9.17) is 16.4 Å². The third-order valence-electron chi connectivity index (χ3n) is 1.28. The Balaban J connectivity index is 4.20. The van der Waals surface area contributed by atoms with E-state index in [1.807, 2.05) is 0 Å². The van der Waals surface area contributed by atoms with Crippen LogP contribution in [0, 0.1) is 0 Å². The molecule has 3 N–H and O–H groups in total. The van der Waals surface area contributed by atoms with Gasteiger partial charge in [-0.2, -0.15) is 4.79 Å². The van der Waals surface area contributed by atoms with Gasteiger partial charge in [0.25, 0.3) is 0 Å². The first-order valence-corrected chi connectivity index (χ1v) is 3.19. The monoisotopic (exact) mass is 171 g/mol. The van der Waals surface area contributed by atoms with Crippen molar-refractivity contribution >= 4 is 17.5 Å². The molecule has 0 aromatic heterocycles. The minimum Gasteiger partial charge on any atom is -0.480 e. The molecule has 0 rings (SSSR count). The predicted octanol–water partition coefficient (Wildman–Crippen LogP) is -0.952. The van der Waals surface area contributed by atoms with Crippen molar-refractivity contribution < 1.29 is 19.5 Å². The standard InChI is InChI=1S/C6H9N3O3/c1-3(9-8)5(10)2-4(7)6(11)12/h4H,2,7H2,1H3,(H,11,12)/t4-/m0/s1. The number of nitrogens with zero attached hydrogens (tertiary/aromatic N) is 2. The first kappa shape index (κ1) is 10.5. The summed E-state index contributed by atoms with van der Waals surface area (Å²) >= 11 is 0. The zero-order chi connectivity index (χ0) is 9.72. The summed E-state index contributed by atoms with van der Waals surface area (Å²) in [7, 11) is 0. The second-order valence-corrected chi connectivity index (χ2v) is 2.26. The Morgan fingerprint density at radius 1 is 1.67 bits per heavy atom. The van der Waals surface area contributed by atoms with Crippen molar-refractivity contribution in [2.75, 3.05) is 0 Å². The molecule has 1 atom stereocenters. The van der Waals surface area contributed by atoms with Crippen molar-refractivity contribution in [2.24, 2.45) is 5.73 Å². The molecule has 6 nitrogen and oxygen atoms in total. The molecule has 0 aromatic rings. The number of carboxylic acids is 1. The Morgan fingerprint density at radius 3 is 2.50 bits per heavy atom. The van der Waals surface area contributed by atoms with Gasteiger partial charge < -0.3 is 16.4 Å². The van der Waals surface area contributed by atoms with E-state index in [2.05, 4.69) is 4.79 Å². The molecule has 66 valence electrons. The zero-order valence-corrected chi connectivity index (χ0v) is 6.52. The molecule has 6 heteroatoms. The molecule has 0 amide bonds. The molecule has 0 aliphatic carbocycles. The lowest BCUT2D eigenvalue weighted by atomic mass is 10.1. The molecule has 0 fully saturated rings. The van der Waals surface area contributed by atoms with Crippen molar-refractivity contribution in [3.05, 3.63) is 5.53 Å². The fourth-order valence-electron chi connectivity index (χ4n) is 0.491. The average Bonchev–Trinajstić information content (AvgIpc) is 2.02. The Bertz CT molecular complexity index is 255. The summed E-state index contributed by atoms with van der Waals surface area (Å²) in [6.07, 6.45) is -0.356. The third kappa shape index (κ3) is 3.05. The van der Waals surface area contributed by atoms with Crippen LogP contribution in [0.2, 0.25) is 0 Å². The molecule has 0 heterocycles. The molecule has 0 saturated carbocycles. The number of hydrogen-bond donors (Lipinski definition) is 2. The van der Waals surface area contributed by atoms with Crippen LogP contribution in [-0.2, 0) is 9.59 Å². The molecule has 0 unspecified atom stereocenters. The van der Waals surface area contributed by atoms with Crippen LogP contribution in [-0.4, -0.2) is 33.4 Å². The summed E-state index contributed by atoms with van der Waals surface area (Å²) < 4.78 is 0. The molecular weight excluding hydrogens is 162 g/mol. The van der Waals surface area contributed by atoms with E-state index in [1.54, 1.807) is 0 Å². The number of hydrogen-bond acceptors (Lipinski definition) is 3. The van der Waals surface area contributed by atoms with Crippen LogP contribution in [0.15, 0.2) is 0 Å². The highest BCUT2D eigenvalue weighted by molar-refractivity contribution is 6.36. The maximum Gasteiger partial charge on any atom is 0.331 e. The third-order valence-corrected chi connectivity index (χ3v) is 1.28. The summed E-state index contributed by atoms with van der Waals surface area (Å²) in [5.74, 6) is -1.83. The van der Waals surface area contributed by atoms with E-state index >= 15 is 0 Å². The molecule has 0 aliphatic rings. The fraction of sp³-hybridized carbons (Fsp3) is 0.500.